The molecule has 29 heavy (non-hydrogen) atoms. The summed E-state index contributed by atoms with van der Waals surface area (Å²) in [5, 5.41) is 15.8. The smallest absolute Gasteiger partial charge is 0.269 e. The number of rotatable bonds is 6. The molecule has 1 aliphatic heterocycles. The lowest BCUT2D eigenvalue weighted by atomic mass is 10.1. The van der Waals surface area contributed by atoms with Crippen LogP contribution in [-0.4, -0.2) is 37.3 Å². The van der Waals surface area contributed by atoms with E-state index in [2.05, 4.69) is 51.9 Å². The van der Waals surface area contributed by atoms with Crippen molar-refractivity contribution in [2.75, 3.05) is 5.32 Å². The Morgan fingerprint density at radius 2 is 1.97 bits per heavy atom. The lowest BCUT2D eigenvalue weighted by Gasteiger charge is -2.07. The van der Waals surface area contributed by atoms with Gasteiger partial charge in [-0.25, -0.2) is 0 Å². The van der Waals surface area contributed by atoms with Crippen molar-refractivity contribution in [2.24, 2.45) is 5.16 Å². The Balaban J connectivity index is 1.35. The standard InChI is InChI=1S/C21H24N6O2/c1-4-26-13-17(15(3)23-26)18-11-19(29-25-18)21(28)22-20-9-10-27(24-20)12-16-7-5-14(2)6-8-16/h5-10,13,19H,4,11-12H2,1-3H3,(H,22,24,28). The molecule has 1 unspecified atom stereocenters. The van der Waals surface area contributed by atoms with Crippen LogP contribution in [0.5, 0.6) is 0 Å². The Hall–Kier alpha value is -3.42. The Morgan fingerprint density at radius 1 is 1.17 bits per heavy atom. The summed E-state index contributed by atoms with van der Waals surface area (Å²) >= 11 is 0. The normalized spacial score (nSPS) is 15.8. The van der Waals surface area contributed by atoms with Crippen molar-refractivity contribution in [3.63, 3.8) is 0 Å². The monoisotopic (exact) mass is 392 g/mol. The Labute approximate surface area is 169 Å². The predicted octanol–water partition coefficient (Wildman–Crippen LogP) is 2.90. The van der Waals surface area contributed by atoms with Crippen molar-refractivity contribution in [1.82, 2.24) is 19.6 Å². The van der Waals surface area contributed by atoms with Crippen molar-refractivity contribution >= 4 is 17.4 Å². The number of aromatic nitrogens is 4. The van der Waals surface area contributed by atoms with Crippen LogP contribution < -0.4 is 5.32 Å². The molecule has 0 saturated carbocycles. The number of carbonyl (C=O) groups is 1. The Kier molecular flexibility index (Phi) is 5.16. The van der Waals surface area contributed by atoms with Gasteiger partial charge in [-0.3, -0.25) is 14.2 Å². The molecule has 8 nitrogen and oxygen atoms in total. The first-order valence-electron chi connectivity index (χ1n) is 9.69. The summed E-state index contributed by atoms with van der Waals surface area (Å²) in [4.78, 5) is 17.9. The minimum atomic E-state index is -0.670. The van der Waals surface area contributed by atoms with Crippen molar-refractivity contribution in [2.45, 2.75) is 46.4 Å². The van der Waals surface area contributed by atoms with Crippen LogP contribution in [0.25, 0.3) is 0 Å². The van der Waals surface area contributed by atoms with E-state index in [0.717, 1.165) is 29.1 Å². The number of hydrogen-bond donors (Lipinski definition) is 1. The van der Waals surface area contributed by atoms with Gasteiger partial charge in [-0.05, 0) is 26.3 Å². The second kappa shape index (κ2) is 7.90. The molecule has 150 valence electrons. The van der Waals surface area contributed by atoms with Crippen molar-refractivity contribution in [1.29, 1.82) is 0 Å². The first kappa shape index (κ1) is 18.9. The van der Waals surface area contributed by atoms with Crippen LogP contribution in [0.1, 0.15) is 35.7 Å². The second-order valence-corrected chi connectivity index (χ2v) is 7.19. The van der Waals surface area contributed by atoms with Gasteiger partial charge in [0.25, 0.3) is 5.91 Å². The molecule has 3 heterocycles. The highest BCUT2D eigenvalue weighted by Crippen LogP contribution is 2.20. The number of amides is 1. The average Bonchev–Trinajstić information content (AvgIpc) is 3.43. The maximum Gasteiger partial charge on any atom is 0.269 e. The Morgan fingerprint density at radius 3 is 2.69 bits per heavy atom. The fourth-order valence-electron chi connectivity index (χ4n) is 3.24. The molecule has 0 radical (unpaired) electrons. The van der Waals surface area contributed by atoms with Crippen molar-refractivity contribution < 1.29 is 9.63 Å². The minimum absolute atomic E-state index is 0.259. The number of nitrogens with zero attached hydrogens (tertiary/aromatic N) is 5. The predicted molar refractivity (Wildman–Crippen MR) is 110 cm³/mol. The summed E-state index contributed by atoms with van der Waals surface area (Å²) in [6.45, 7) is 7.44. The van der Waals surface area contributed by atoms with Crippen LogP contribution >= 0.6 is 0 Å². The van der Waals surface area contributed by atoms with Crippen LogP contribution in [0.4, 0.5) is 5.82 Å². The van der Waals surface area contributed by atoms with Gasteiger partial charge in [0, 0.05) is 37.0 Å². The molecule has 4 rings (SSSR count). The van der Waals surface area contributed by atoms with Gasteiger partial charge in [-0.15, -0.1) is 0 Å². The molecule has 3 aromatic rings. The van der Waals surface area contributed by atoms with E-state index in [4.69, 9.17) is 4.84 Å². The van der Waals surface area contributed by atoms with Gasteiger partial charge >= 0.3 is 0 Å². The summed E-state index contributed by atoms with van der Waals surface area (Å²) in [7, 11) is 0. The molecular formula is C21H24N6O2. The topological polar surface area (TPSA) is 86.3 Å². The average molecular weight is 392 g/mol. The molecule has 0 bridgehead atoms. The van der Waals surface area contributed by atoms with Crippen LogP contribution in [0, 0.1) is 13.8 Å². The summed E-state index contributed by atoms with van der Waals surface area (Å²) < 4.78 is 3.64. The van der Waals surface area contributed by atoms with E-state index in [1.807, 2.05) is 30.9 Å². The third kappa shape index (κ3) is 4.21. The van der Waals surface area contributed by atoms with Crippen molar-refractivity contribution in [3.8, 4) is 0 Å². The molecule has 1 aliphatic rings. The van der Waals surface area contributed by atoms with Crippen molar-refractivity contribution in [3.05, 3.63) is 65.1 Å². The largest absolute Gasteiger partial charge is 0.382 e. The first-order valence-corrected chi connectivity index (χ1v) is 9.69. The molecule has 0 saturated heterocycles. The van der Waals surface area contributed by atoms with Crippen LogP contribution in [-0.2, 0) is 22.7 Å². The zero-order valence-corrected chi connectivity index (χ0v) is 16.8. The number of aryl methyl sites for hydroxylation is 3. The summed E-state index contributed by atoms with van der Waals surface area (Å²) in [5.74, 6) is 0.235. The van der Waals surface area contributed by atoms with Gasteiger partial charge in [0.1, 0.15) is 0 Å². The van der Waals surface area contributed by atoms with E-state index in [-0.39, 0.29) is 5.91 Å². The number of carbonyl (C=O) groups excluding carboxylic acids is 1. The Bertz CT molecular complexity index is 1050. The molecule has 8 heteroatoms. The van der Waals surface area contributed by atoms with E-state index in [1.54, 1.807) is 10.7 Å². The van der Waals surface area contributed by atoms with E-state index in [1.165, 1.54) is 5.56 Å². The minimum Gasteiger partial charge on any atom is -0.382 e. The molecular weight excluding hydrogens is 368 g/mol. The quantitative estimate of drug-likeness (QED) is 0.699. The molecule has 2 aromatic heterocycles. The van der Waals surface area contributed by atoms with Gasteiger partial charge in [0.2, 0.25) is 6.10 Å². The zero-order chi connectivity index (χ0) is 20.4. The van der Waals surface area contributed by atoms with E-state index < -0.39 is 6.10 Å². The molecule has 1 N–H and O–H groups in total. The number of hydrogen-bond acceptors (Lipinski definition) is 5. The third-order valence-corrected chi connectivity index (χ3v) is 4.90. The van der Waals surface area contributed by atoms with Gasteiger partial charge in [-0.2, -0.15) is 10.2 Å². The highest BCUT2D eigenvalue weighted by Gasteiger charge is 2.30. The van der Waals surface area contributed by atoms with E-state index >= 15 is 0 Å². The van der Waals surface area contributed by atoms with Gasteiger partial charge < -0.3 is 10.2 Å². The van der Waals surface area contributed by atoms with Crippen LogP contribution in [0.3, 0.4) is 0 Å². The van der Waals surface area contributed by atoms with E-state index in [9.17, 15) is 4.79 Å². The fourth-order valence-corrected chi connectivity index (χ4v) is 3.24. The maximum atomic E-state index is 12.6. The fraction of sp³-hybridized carbons (Fsp3) is 0.333. The van der Waals surface area contributed by atoms with Gasteiger partial charge in [0.05, 0.1) is 18.0 Å². The van der Waals surface area contributed by atoms with E-state index in [0.29, 0.717) is 18.8 Å². The molecule has 1 atom stereocenters. The van der Waals surface area contributed by atoms with Gasteiger partial charge in [-0.1, -0.05) is 35.0 Å². The number of nitrogens with one attached hydrogen (secondary N) is 1. The molecule has 0 fully saturated rings. The molecule has 0 spiro atoms. The lowest BCUT2D eigenvalue weighted by molar-refractivity contribution is -0.125. The third-order valence-electron chi connectivity index (χ3n) is 4.90. The molecule has 0 aliphatic carbocycles. The van der Waals surface area contributed by atoms with Crippen LogP contribution in [0.15, 0.2) is 47.9 Å². The number of oxime groups is 1. The summed E-state index contributed by atoms with van der Waals surface area (Å²) in [6.07, 6.45) is 3.52. The highest BCUT2D eigenvalue weighted by molar-refractivity contribution is 6.06. The molecule has 1 amide bonds. The summed E-state index contributed by atoms with van der Waals surface area (Å²) in [6, 6.07) is 10.1. The number of benzene rings is 1. The number of anilines is 1. The zero-order valence-electron chi connectivity index (χ0n) is 16.8. The van der Waals surface area contributed by atoms with Gasteiger partial charge in [0.15, 0.2) is 5.82 Å². The summed E-state index contributed by atoms with van der Waals surface area (Å²) in [5.41, 5.74) is 4.91. The maximum absolute atomic E-state index is 12.6. The highest BCUT2D eigenvalue weighted by atomic mass is 16.6. The second-order valence-electron chi connectivity index (χ2n) is 7.19. The lowest BCUT2D eigenvalue weighted by Crippen LogP contribution is -2.28. The molecule has 1 aromatic carbocycles. The first-order chi connectivity index (χ1) is 14.0. The van der Waals surface area contributed by atoms with Crippen LogP contribution in [0.2, 0.25) is 0 Å². The SMILES string of the molecule is CCn1cc(C2=NOC(C(=O)Nc3ccn(Cc4ccc(C)cc4)n3)C2)c(C)n1.